The zero-order valence-electron chi connectivity index (χ0n) is 13.6. The van der Waals surface area contributed by atoms with E-state index < -0.39 is 5.60 Å². The van der Waals surface area contributed by atoms with Crippen molar-refractivity contribution in [1.29, 1.82) is 0 Å². The average molecular weight is 270 g/mol. The van der Waals surface area contributed by atoms with Crippen molar-refractivity contribution in [2.45, 2.75) is 59.6 Å². The predicted molar refractivity (Wildman–Crippen MR) is 78.3 cm³/mol. The van der Waals surface area contributed by atoms with Gasteiger partial charge in [0.25, 0.3) is 0 Å². The standard InChI is InChI=1S/C15H30N2O2/c1-14(2,3)11-17-9-8-12(10-17)16(7)13(18)19-15(4,5)6/h12H,8-11H2,1-7H3. The molecule has 0 spiro atoms. The minimum absolute atomic E-state index is 0.213. The SMILES string of the molecule is CN(C(=O)OC(C)(C)C)C1CCN(CC(C)(C)C)C1. The Morgan fingerprint density at radius 3 is 2.32 bits per heavy atom. The average Bonchev–Trinajstić information content (AvgIpc) is 2.59. The fraction of sp³-hybridized carbons (Fsp3) is 0.933. The third kappa shape index (κ3) is 5.81. The van der Waals surface area contributed by atoms with E-state index in [-0.39, 0.29) is 12.1 Å². The molecule has 1 amide bonds. The molecule has 1 saturated heterocycles. The Bertz CT molecular complexity index is 315. The van der Waals surface area contributed by atoms with Crippen molar-refractivity contribution in [2.24, 2.45) is 5.41 Å². The number of rotatable bonds is 2. The van der Waals surface area contributed by atoms with Crippen LogP contribution >= 0.6 is 0 Å². The molecule has 1 aliphatic rings. The molecule has 0 aromatic rings. The zero-order chi connectivity index (χ0) is 14.8. The Morgan fingerprint density at radius 2 is 1.84 bits per heavy atom. The van der Waals surface area contributed by atoms with E-state index >= 15 is 0 Å². The summed E-state index contributed by atoms with van der Waals surface area (Å²) in [6, 6.07) is 0.275. The summed E-state index contributed by atoms with van der Waals surface area (Å²) in [7, 11) is 1.85. The number of ether oxygens (including phenoxy) is 1. The zero-order valence-corrected chi connectivity index (χ0v) is 13.6. The van der Waals surface area contributed by atoms with Crippen molar-refractivity contribution in [3.8, 4) is 0 Å². The maximum Gasteiger partial charge on any atom is 0.410 e. The number of likely N-dealkylation sites (tertiary alicyclic amines) is 1. The molecule has 1 aliphatic heterocycles. The summed E-state index contributed by atoms with van der Waals surface area (Å²) in [5.41, 5.74) is -0.117. The first kappa shape index (κ1) is 16.3. The predicted octanol–water partition coefficient (Wildman–Crippen LogP) is 2.97. The van der Waals surface area contributed by atoms with Gasteiger partial charge in [0, 0.05) is 32.7 Å². The topological polar surface area (TPSA) is 32.8 Å². The Kier molecular flexibility index (Phi) is 4.88. The van der Waals surface area contributed by atoms with E-state index in [9.17, 15) is 4.79 Å². The van der Waals surface area contributed by atoms with Gasteiger partial charge in [-0.05, 0) is 32.6 Å². The molecule has 4 nitrogen and oxygen atoms in total. The second-order valence-corrected chi connectivity index (χ2v) is 7.83. The van der Waals surface area contributed by atoms with Crippen molar-refractivity contribution in [1.82, 2.24) is 9.80 Å². The summed E-state index contributed by atoms with van der Waals surface area (Å²) in [4.78, 5) is 16.2. The van der Waals surface area contributed by atoms with Crippen LogP contribution in [0.5, 0.6) is 0 Å². The van der Waals surface area contributed by atoms with E-state index in [0.29, 0.717) is 5.41 Å². The van der Waals surface area contributed by atoms with Gasteiger partial charge in [-0.25, -0.2) is 4.79 Å². The molecule has 1 rings (SSSR count). The third-order valence-electron chi connectivity index (χ3n) is 3.17. The van der Waals surface area contributed by atoms with Crippen molar-refractivity contribution in [2.75, 3.05) is 26.7 Å². The maximum atomic E-state index is 12.0. The largest absolute Gasteiger partial charge is 0.444 e. The monoisotopic (exact) mass is 270 g/mol. The number of hydrogen-bond acceptors (Lipinski definition) is 3. The number of carbonyl (C=O) groups excluding carboxylic acids is 1. The molecular formula is C15H30N2O2. The van der Waals surface area contributed by atoms with Gasteiger partial charge in [-0.2, -0.15) is 0 Å². The molecule has 112 valence electrons. The van der Waals surface area contributed by atoms with Crippen LogP contribution in [0.2, 0.25) is 0 Å². The van der Waals surface area contributed by atoms with Gasteiger partial charge < -0.3 is 14.5 Å². The van der Waals surface area contributed by atoms with Gasteiger partial charge in [-0.1, -0.05) is 20.8 Å². The van der Waals surface area contributed by atoms with Crippen molar-refractivity contribution < 1.29 is 9.53 Å². The number of likely N-dealkylation sites (N-methyl/N-ethyl adjacent to an activating group) is 1. The van der Waals surface area contributed by atoms with Gasteiger partial charge in [0.2, 0.25) is 0 Å². The Hall–Kier alpha value is -0.770. The number of amides is 1. The molecule has 0 bridgehead atoms. The van der Waals surface area contributed by atoms with Gasteiger partial charge >= 0.3 is 6.09 Å². The van der Waals surface area contributed by atoms with Gasteiger partial charge in [-0.15, -0.1) is 0 Å². The summed E-state index contributed by atoms with van der Waals surface area (Å²) in [5.74, 6) is 0. The number of carbonyl (C=O) groups is 1. The first-order chi connectivity index (χ1) is 8.48. The van der Waals surface area contributed by atoms with Crippen LogP contribution in [0.1, 0.15) is 48.0 Å². The van der Waals surface area contributed by atoms with Gasteiger partial charge in [0.15, 0.2) is 0 Å². The quantitative estimate of drug-likeness (QED) is 0.773. The molecule has 0 saturated carbocycles. The fourth-order valence-electron chi connectivity index (χ4n) is 2.43. The fourth-order valence-corrected chi connectivity index (χ4v) is 2.43. The molecule has 0 aromatic carbocycles. The second-order valence-electron chi connectivity index (χ2n) is 7.83. The molecular weight excluding hydrogens is 240 g/mol. The van der Waals surface area contributed by atoms with E-state index in [4.69, 9.17) is 4.74 Å². The van der Waals surface area contributed by atoms with Crippen LogP contribution in [-0.2, 0) is 4.74 Å². The Morgan fingerprint density at radius 1 is 1.26 bits per heavy atom. The van der Waals surface area contributed by atoms with Gasteiger partial charge in [-0.3, -0.25) is 0 Å². The number of nitrogens with zero attached hydrogens (tertiary/aromatic N) is 2. The molecule has 1 fully saturated rings. The first-order valence-corrected chi connectivity index (χ1v) is 7.16. The minimum Gasteiger partial charge on any atom is -0.444 e. The molecule has 1 unspecified atom stereocenters. The Labute approximate surface area is 118 Å². The highest BCUT2D eigenvalue weighted by atomic mass is 16.6. The summed E-state index contributed by atoms with van der Waals surface area (Å²) >= 11 is 0. The lowest BCUT2D eigenvalue weighted by Crippen LogP contribution is -2.42. The molecule has 1 heterocycles. The van der Waals surface area contributed by atoms with Gasteiger partial charge in [0.05, 0.1) is 0 Å². The molecule has 1 atom stereocenters. The van der Waals surface area contributed by atoms with Crippen molar-refractivity contribution >= 4 is 6.09 Å². The highest BCUT2D eigenvalue weighted by Gasteiger charge is 2.32. The van der Waals surface area contributed by atoms with Crippen LogP contribution in [0.3, 0.4) is 0 Å². The van der Waals surface area contributed by atoms with Crippen LogP contribution < -0.4 is 0 Å². The van der Waals surface area contributed by atoms with Crippen LogP contribution in [0.15, 0.2) is 0 Å². The van der Waals surface area contributed by atoms with Crippen LogP contribution in [-0.4, -0.2) is 54.2 Å². The van der Waals surface area contributed by atoms with E-state index in [0.717, 1.165) is 26.1 Å². The summed E-state index contributed by atoms with van der Waals surface area (Å²) < 4.78 is 5.42. The van der Waals surface area contributed by atoms with Crippen LogP contribution in [0.4, 0.5) is 4.79 Å². The van der Waals surface area contributed by atoms with E-state index in [1.807, 2.05) is 27.8 Å². The molecule has 0 aromatic heterocycles. The maximum absolute atomic E-state index is 12.0. The molecule has 0 aliphatic carbocycles. The van der Waals surface area contributed by atoms with E-state index in [2.05, 4.69) is 25.7 Å². The van der Waals surface area contributed by atoms with E-state index in [1.54, 1.807) is 4.90 Å². The Balaban J connectivity index is 2.48. The molecule has 0 radical (unpaired) electrons. The minimum atomic E-state index is -0.422. The third-order valence-corrected chi connectivity index (χ3v) is 3.17. The highest BCUT2D eigenvalue weighted by Crippen LogP contribution is 2.22. The second kappa shape index (κ2) is 5.70. The summed E-state index contributed by atoms with van der Waals surface area (Å²) in [6.45, 7) is 15.5. The summed E-state index contributed by atoms with van der Waals surface area (Å²) in [6.07, 6.45) is 0.821. The lowest BCUT2D eigenvalue weighted by atomic mass is 9.96. The molecule has 0 N–H and O–H groups in total. The highest BCUT2D eigenvalue weighted by molar-refractivity contribution is 5.68. The van der Waals surface area contributed by atoms with Crippen LogP contribution in [0, 0.1) is 5.41 Å². The van der Waals surface area contributed by atoms with Crippen molar-refractivity contribution in [3.63, 3.8) is 0 Å². The normalized spacial score (nSPS) is 21.5. The first-order valence-electron chi connectivity index (χ1n) is 7.16. The van der Waals surface area contributed by atoms with Gasteiger partial charge in [0.1, 0.15) is 5.60 Å². The molecule has 19 heavy (non-hydrogen) atoms. The summed E-state index contributed by atoms with van der Waals surface area (Å²) in [5, 5.41) is 0. The van der Waals surface area contributed by atoms with E-state index in [1.165, 1.54) is 0 Å². The molecule has 4 heteroatoms. The number of hydrogen-bond donors (Lipinski definition) is 0. The van der Waals surface area contributed by atoms with Crippen LogP contribution in [0.25, 0.3) is 0 Å². The lowest BCUT2D eigenvalue weighted by Gasteiger charge is -2.30. The lowest BCUT2D eigenvalue weighted by molar-refractivity contribution is 0.0226. The smallest absolute Gasteiger partial charge is 0.410 e. The van der Waals surface area contributed by atoms with Crippen molar-refractivity contribution in [3.05, 3.63) is 0 Å².